The van der Waals surface area contributed by atoms with Gasteiger partial charge >= 0.3 is 0 Å². The van der Waals surface area contributed by atoms with Crippen LogP contribution < -0.4 is 0 Å². The molecule has 0 saturated carbocycles. The van der Waals surface area contributed by atoms with E-state index in [1.807, 2.05) is 18.1 Å². The van der Waals surface area contributed by atoms with E-state index in [1.165, 1.54) is 6.07 Å². The maximum atomic E-state index is 14.3. The molecule has 0 aliphatic heterocycles. The lowest BCUT2D eigenvalue weighted by Gasteiger charge is -2.13. The summed E-state index contributed by atoms with van der Waals surface area (Å²) in [6.07, 6.45) is 6.66. The van der Waals surface area contributed by atoms with Gasteiger partial charge in [0.15, 0.2) is 12.1 Å². The van der Waals surface area contributed by atoms with Crippen LogP contribution in [-0.2, 0) is 0 Å². The molecule has 0 spiro atoms. The van der Waals surface area contributed by atoms with Gasteiger partial charge in [-0.3, -0.25) is 4.79 Å². The Morgan fingerprint density at radius 1 is 1.15 bits per heavy atom. The predicted molar refractivity (Wildman–Crippen MR) is 99.0 cm³/mol. The summed E-state index contributed by atoms with van der Waals surface area (Å²) in [6, 6.07) is 2.55. The van der Waals surface area contributed by atoms with Gasteiger partial charge in [0.1, 0.15) is 5.82 Å². The summed E-state index contributed by atoms with van der Waals surface area (Å²) in [5.74, 6) is -0.698. The molecule has 27 heavy (non-hydrogen) atoms. The van der Waals surface area contributed by atoms with Crippen LogP contribution >= 0.6 is 0 Å². The zero-order valence-electron chi connectivity index (χ0n) is 15.3. The van der Waals surface area contributed by atoms with Crippen LogP contribution in [0.3, 0.4) is 0 Å². The van der Waals surface area contributed by atoms with E-state index in [2.05, 4.69) is 16.9 Å². The molecule has 4 nitrogen and oxygen atoms in total. The lowest BCUT2D eigenvalue weighted by Crippen LogP contribution is -2.11. The van der Waals surface area contributed by atoms with Crippen LogP contribution in [0.25, 0.3) is 17.5 Å². The smallest absolute Gasteiger partial charge is 0.266 e. The van der Waals surface area contributed by atoms with Crippen LogP contribution in [0.4, 0.5) is 13.2 Å². The van der Waals surface area contributed by atoms with E-state index >= 15 is 0 Å². The van der Waals surface area contributed by atoms with Gasteiger partial charge in [0, 0.05) is 31.5 Å². The number of nitrogens with zero attached hydrogens (tertiary/aromatic N) is 3. The topological polar surface area (TPSA) is 46.1 Å². The Hall–Kier alpha value is -2.70. The van der Waals surface area contributed by atoms with Gasteiger partial charge in [-0.2, -0.15) is 0 Å². The summed E-state index contributed by atoms with van der Waals surface area (Å²) in [6.45, 7) is 3.00. The van der Waals surface area contributed by atoms with Crippen molar-refractivity contribution in [3.05, 3.63) is 53.2 Å². The van der Waals surface area contributed by atoms with Gasteiger partial charge < -0.3 is 4.90 Å². The molecule has 0 atom stereocenters. The largest absolute Gasteiger partial charge is 0.380 e. The highest BCUT2D eigenvalue weighted by Crippen LogP contribution is 2.25. The van der Waals surface area contributed by atoms with E-state index in [0.717, 1.165) is 44.3 Å². The van der Waals surface area contributed by atoms with E-state index in [1.54, 1.807) is 6.08 Å². The molecule has 7 heteroatoms. The molecule has 1 aromatic carbocycles. The average Bonchev–Trinajstić information content (AvgIpc) is 2.67. The van der Waals surface area contributed by atoms with Crippen molar-refractivity contribution in [1.82, 2.24) is 14.9 Å². The van der Waals surface area contributed by atoms with Crippen molar-refractivity contribution in [2.45, 2.75) is 32.6 Å². The Kier molecular flexibility index (Phi) is 7.52. The number of benzene rings is 1. The summed E-state index contributed by atoms with van der Waals surface area (Å²) < 4.78 is 39.6. The van der Waals surface area contributed by atoms with Gasteiger partial charge in [0.25, 0.3) is 6.43 Å². The zero-order chi connectivity index (χ0) is 19.8. The third-order valence-electron chi connectivity index (χ3n) is 4.09. The number of carbonyl (C=O) groups excluding carboxylic acids is 1. The van der Waals surface area contributed by atoms with E-state index in [4.69, 9.17) is 0 Å². The molecule has 0 N–H and O–H groups in total. The van der Waals surface area contributed by atoms with Gasteiger partial charge in [-0.15, -0.1) is 0 Å². The summed E-state index contributed by atoms with van der Waals surface area (Å²) in [4.78, 5) is 20.9. The van der Waals surface area contributed by atoms with Crippen LogP contribution in [0.5, 0.6) is 0 Å². The van der Waals surface area contributed by atoms with E-state index in [0.29, 0.717) is 11.8 Å². The fourth-order valence-electron chi connectivity index (χ4n) is 2.51. The molecular formula is C20H22F3N3O. The molecule has 0 radical (unpaired) electrons. The van der Waals surface area contributed by atoms with Crippen molar-refractivity contribution in [2.24, 2.45) is 0 Å². The summed E-state index contributed by atoms with van der Waals surface area (Å²) in [5, 5.41) is 0. The molecule has 0 aliphatic rings. The minimum atomic E-state index is -2.69. The number of unbranched alkanes of at least 4 members (excludes halogenated alkanes) is 2. The van der Waals surface area contributed by atoms with Crippen LogP contribution in [0.2, 0.25) is 0 Å². The SMILES string of the molecule is CCCCCN(C)/C=C\c1cc(-c2ncc(C(F)F)cn2)c(F)cc1C=O. The molecule has 0 fully saturated rings. The second kappa shape index (κ2) is 9.85. The fourth-order valence-corrected chi connectivity index (χ4v) is 2.51. The Bertz CT molecular complexity index is 792. The van der Waals surface area contributed by atoms with Crippen molar-refractivity contribution in [3.8, 4) is 11.4 Å². The standard InChI is InChI=1S/C20H22F3N3O/c1-3-4-5-7-26(2)8-6-14-9-17(18(21)10-15(14)13-27)20-24-11-16(12-25-20)19(22)23/h6,8-13,19H,3-5,7H2,1-2H3/b8-6-. The molecule has 0 bridgehead atoms. The van der Waals surface area contributed by atoms with Crippen molar-refractivity contribution in [1.29, 1.82) is 0 Å². The van der Waals surface area contributed by atoms with Crippen LogP contribution in [0.1, 0.15) is 54.1 Å². The van der Waals surface area contributed by atoms with E-state index < -0.39 is 12.2 Å². The molecule has 0 amide bonds. The molecule has 144 valence electrons. The number of halogens is 3. The molecule has 0 aliphatic carbocycles. The van der Waals surface area contributed by atoms with Gasteiger partial charge in [-0.05, 0) is 36.4 Å². The lowest BCUT2D eigenvalue weighted by molar-refractivity contribution is 0.112. The highest BCUT2D eigenvalue weighted by atomic mass is 19.3. The minimum absolute atomic E-state index is 0.0136. The van der Waals surface area contributed by atoms with Crippen LogP contribution in [0.15, 0.2) is 30.7 Å². The number of alkyl halides is 2. The van der Waals surface area contributed by atoms with Gasteiger partial charge in [-0.25, -0.2) is 23.1 Å². The number of aldehydes is 1. The van der Waals surface area contributed by atoms with E-state index in [-0.39, 0.29) is 22.5 Å². The molecule has 2 rings (SSSR count). The Morgan fingerprint density at radius 2 is 1.85 bits per heavy atom. The molecule has 1 heterocycles. The molecule has 2 aromatic rings. The first-order valence-electron chi connectivity index (χ1n) is 8.73. The maximum absolute atomic E-state index is 14.3. The summed E-state index contributed by atoms with van der Waals surface area (Å²) in [7, 11) is 1.92. The normalized spacial score (nSPS) is 11.3. The first-order valence-corrected chi connectivity index (χ1v) is 8.73. The van der Waals surface area contributed by atoms with Gasteiger partial charge in [0.05, 0.1) is 11.1 Å². The number of rotatable bonds is 9. The van der Waals surface area contributed by atoms with Crippen molar-refractivity contribution < 1.29 is 18.0 Å². The molecular weight excluding hydrogens is 355 g/mol. The monoisotopic (exact) mass is 377 g/mol. The molecule has 0 saturated heterocycles. The number of carbonyl (C=O) groups is 1. The van der Waals surface area contributed by atoms with Crippen LogP contribution in [-0.4, -0.2) is 34.7 Å². The highest BCUT2D eigenvalue weighted by Gasteiger charge is 2.14. The first-order chi connectivity index (χ1) is 13.0. The second-order valence-corrected chi connectivity index (χ2v) is 6.22. The minimum Gasteiger partial charge on any atom is -0.380 e. The Labute approximate surface area is 156 Å². The van der Waals surface area contributed by atoms with Gasteiger partial charge in [-0.1, -0.05) is 19.8 Å². The number of hydrogen-bond acceptors (Lipinski definition) is 4. The third-order valence-corrected chi connectivity index (χ3v) is 4.09. The molecule has 0 unspecified atom stereocenters. The first kappa shape index (κ1) is 20.6. The second-order valence-electron chi connectivity index (χ2n) is 6.22. The van der Waals surface area contributed by atoms with Crippen LogP contribution in [0, 0.1) is 5.82 Å². The third kappa shape index (κ3) is 5.64. The lowest BCUT2D eigenvalue weighted by atomic mass is 10.0. The Balaban J connectivity index is 2.30. The number of hydrogen-bond donors (Lipinski definition) is 0. The Morgan fingerprint density at radius 3 is 2.44 bits per heavy atom. The van der Waals surface area contributed by atoms with Gasteiger partial charge in [0.2, 0.25) is 0 Å². The maximum Gasteiger partial charge on any atom is 0.266 e. The van der Waals surface area contributed by atoms with E-state index in [9.17, 15) is 18.0 Å². The summed E-state index contributed by atoms with van der Waals surface area (Å²) >= 11 is 0. The fraction of sp³-hybridized carbons (Fsp3) is 0.350. The molecule has 1 aromatic heterocycles. The highest BCUT2D eigenvalue weighted by molar-refractivity contribution is 5.83. The zero-order valence-corrected chi connectivity index (χ0v) is 15.3. The van der Waals surface area contributed by atoms with Crippen molar-refractivity contribution in [3.63, 3.8) is 0 Å². The van der Waals surface area contributed by atoms with Crippen molar-refractivity contribution in [2.75, 3.05) is 13.6 Å². The average molecular weight is 377 g/mol. The van der Waals surface area contributed by atoms with Crippen molar-refractivity contribution >= 4 is 12.4 Å². The number of aromatic nitrogens is 2. The quantitative estimate of drug-likeness (QED) is 0.449. The predicted octanol–water partition coefficient (Wildman–Crippen LogP) is 5.13. The summed E-state index contributed by atoms with van der Waals surface area (Å²) in [5.41, 5.74) is 0.413.